The van der Waals surface area contributed by atoms with E-state index in [-0.39, 0.29) is 30.4 Å². The van der Waals surface area contributed by atoms with Gasteiger partial charge in [-0.3, -0.25) is 14.5 Å². The predicted molar refractivity (Wildman–Crippen MR) is 70.4 cm³/mol. The van der Waals surface area contributed by atoms with Gasteiger partial charge in [0.05, 0.1) is 6.54 Å². The van der Waals surface area contributed by atoms with Crippen LogP contribution in [0.1, 0.15) is 29.1 Å². The van der Waals surface area contributed by atoms with Gasteiger partial charge in [-0.2, -0.15) is 0 Å². The molecule has 2 saturated heterocycles. The van der Waals surface area contributed by atoms with E-state index in [2.05, 4.69) is 10.5 Å². The van der Waals surface area contributed by atoms with Crippen molar-refractivity contribution >= 4 is 17.8 Å². The van der Waals surface area contributed by atoms with Crippen molar-refractivity contribution in [2.24, 2.45) is 0 Å². The summed E-state index contributed by atoms with van der Waals surface area (Å²) in [6, 6.07) is 1.13. The topological polar surface area (TPSA) is 95.8 Å². The maximum Gasteiger partial charge on any atom is 0.324 e. The lowest BCUT2D eigenvalue weighted by Crippen LogP contribution is -2.49. The summed E-state index contributed by atoms with van der Waals surface area (Å²) in [6.07, 6.45) is 1.17. The molecule has 0 bridgehead atoms. The molecule has 8 nitrogen and oxygen atoms in total. The number of nitrogens with one attached hydrogen (secondary N) is 1. The van der Waals surface area contributed by atoms with E-state index in [0.717, 1.165) is 0 Å². The summed E-state index contributed by atoms with van der Waals surface area (Å²) in [6.45, 7) is 2.78. The van der Waals surface area contributed by atoms with Crippen molar-refractivity contribution in [1.29, 1.82) is 0 Å². The molecule has 0 spiro atoms. The molecule has 8 heteroatoms. The van der Waals surface area contributed by atoms with Gasteiger partial charge in [-0.1, -0.05) is 5.16 Å². The first kappa shape index (κ1) is 13.6. The molecular weight excluding hydrogens is 276 g/mol. The number of aromatic nitrogens is 1. The Bertz CT molecular complexity index is 573. The van der Waals surface area contributed by atoms with Crippen LogP contribution in [-0.4, -0.2) is 58.5 Å². The fraction of sp³-hybridized carbons (Fsp3) is 0.538. The molecule has 1 N–H and O–H groups in total. The second kappa shape index (κ2) is 5.19. The largest absolute Gasteiger partial charge is 0.361 e. The highest BCUT2D eigenvalue weighted by molar-refractivity contribution is 6.02. The molecule has 3 heterocycles. The maximum atomic E-state index is 12.2. The second-order valence-corrected chi connectivity index (χ2v) is 5.27. The number of imide groups is 1. The number of rotatable bonds is 2. The third-order valence-corrected chi connectivity index (χ3v) is 3.84. The van der Waals surface area contributed by atoms with Crippen LogP contribution in [0, 0.1) is 6.92 Å². The van der Waals surface area contributed by atoms with Crippen LogP contribution in [0.15, 0.2) is 10.6 Å². The molecule has 0 aromatic carbocycles. The summed E-state index contributed by atoms with van der Waals surface area (Å²) in [7, 11) is 0. The molecule has 0 unspecified atom stereocenters. The van der Waals surface area contributed by atoms with E-state index >= 15 is 0 Å². The third-order valence-electron chi connectivity index (χ3n) is 3.84. The highest BCUT2D eigenvalue weighted by Gasteiger charge is 2.37. The summed E-state index contributed by atoms with van der Waals surface area (Å²) in [5, 5.41) is 6.23. The van der Waals surface area contributed by atoms with Gasteiger partial charge >= 0.3 is 6.03 Å². The molecule has 2 aliphatic heterocycles. The molecule has 2 fully saturated rings. The number of hydrogen-bond donors (Lipinski definition) is 1. The molecule has 1 aromatic heterocycles. The van der Waals surface area contributed by atoms with Gasteiger partial charge in [0.1, 0.15) is 5.76 Å². The predicted octanol–water partition coefficient (Wildman–Crippen LogP) is 0.139. The van der Waals surface area contributed by atoms with Crippen molar-refractivity contribution in [2.75, 3.05) is 19.6 Å². The van der Waals surface area contributed by atoms with E-state index in [4.69, 9.17) is 4.52 Å². The minimum absolute atomic E-state index is 0.0657. The lowest BCUT2D eigenvalue weighted by atomic mass is 10.0. The molecule has 3 rings (SSSR count). The fourth-order valence-electron chi connectivity index (χ4n) is 2.76. The first-order valence-corrected chi connectivity index (χ1v) is 6.89. The van der Waals surface area contributed by atoms with Gasteiger partial charge in [0, 0.05) is 25.2 Å². The number of likely N-dealkylation sites (tertiary alicyclic amines) is 1. The smallest absolute Gasteiger partial charge is 0.324 e. The molecule has 0 radical (unpaired) electrons. The van der Waals surface area contributed by atoms with Gasteiger partial charge in [-0.25, -0.2) is 4.79 Å². The Labute approximate surface area is 121 Å². The van der Waals surface area contributed by atoms with Gasteiger partial charge in [0.2, 0.25) is 5.91 Å². The third kappa shape index (κ3) is 2.48. The van der Waals surface area contributed by atoms with Gasteiger partial charge in [0.25, 0.3) is 5.91 Å². The Kier molecular flexibility index (Phi) is 3.36. The molecule has 0 saturated carbocycles. The molecular formula is C13H16N4O4. The van der Waals surface area contributed by atoms with Crippen molar-refractivity contribution in [3.63, 3.8) is 0 Å². The number of nitrogens with zero attached hydrogens (tertiary/aromatic N) is 3. The summed E-state index contributed by atoms with van der Waals surface area (Å²) >= 11 is 0. The minimum atomic E-state index is -0.336. The average molecular weight is 292 g/mol. The Balaban J connectivity index is 1.61. The van der Waals surface area contributed by atoms with Gasteiger partial charge in [-0.15, -0.1) is 0 Å². The molecule has 4 amide bonds. The number of amides is 4. The molecule has 21 heavy (non-hydrogen) atoms. The summed E-state index contributed by atoms with van der Waals surface area (Å²) in [4.78, 5) is 38.4. The number of urea groups is 1. The second-order valence-electron chi connectivity index (χ2n) is 5.27. The zero-order chi connectivity index (χ0) is 15.0. The Morgan fingerprint density at radius 2 is 2.10 bits per heavy atom. The minimum Gasteiger partial charge on any atom is -0.361 e. The van der Waals surface area contributed by atoms with Gasteiger partial charge < -0.3 is 14.7 Å². The van der Waals surface area contributed by atoms with E-state index < -0.39 is 0 Å². The summed E-state index contributed by atoms with van der Waals surface area (Å²) in [5.74, 6) is 0.215. The molecule has 0 atom stereocenters. The maximum absolute atomic E-state index is 12.2. The van der Waals surface area contributed by atoms with Gasteiger partial charge in [0.15, 0.2) is 5.69 Å². The molecule has 1 aromatic rings. The van der Waals surface area contributed by atoms with Crippen molar-refractivity contribution in [1.82, 2.24) is 20.3 Å². The van der Waals surface area contributed by atoms with E-state index in [1.807, 2.05) is 0 Å². The zero-order valence-corrected chi connectivity index (χ0v) is 11.7. The lowest BCUT2D eigenvalue weighted by Gasteiger charge is -2.34. The Morgan fingerprint density at radius 1 is 1.38 bits per heavy atom. The monoisotopic (exact) mass is 292 g/mol. The van der Waals surface area contributed by atoms with Crippen molar-refractivity contribution in [2.45, 2.75) is 25.8 Å². The number of carbonyl (C=O) groups is 3. The number of carbonyl (C=O) groups excluding carboxylic acids is 3. The van der Waals surface area contributed by atoms with Crippen LogP contribution in [0.5, 0.6) is 0 Å². The number of piperidine rings is 1. The SMILES string of the molecule is Cc1cc(C(=O)N2CCC(N3C(=O)CNC3=O)CC2)no1. The van der Waals surface area contributed by atoms with E-state index in [1.165, 1.54) is 4.90 Å². The number of aryl methyl sites for hydroxylation is 1. The fourth-order valence-corrected chi connectivity index (χ4v) is 2.76. The quantitative estimate of drug-likeness (QED) is 0.782. The van der Waals surface area contributed by atoms with Crippen LogP contribution >= 0.6 is 0 Å². The Morgan fingerprint density at radius 3 is 2.62 bits per heavy atom. The first-order chi connectivity index (χ1) is 10.1. The standard InChI is InChI=1S/C13H16N4O4/c1-8-6-10(15-21-8)12(19)16-4-2-9(3-5-16)17-11(18)7-14-13(17)20/h6,9H,2-5,7H2,1H3,(H,14,20). The highest BCUT2D eigenvalue weighted by Crippen LogP contribution is 2.20. The average Bonchev–Trinajstić information content (AvgIpc) is 3.05. The first-order valence-electron chi connectivity index (χ1n) is 6.89. The van der Waals surface area contributed by atoms with Gasteiger partial charge in [-0.05, 0) is 19.8 Å². The van der Waals surface area contributed by atoms with Crippen molar-refractivity contribution in [3.05, 3.63) is 17.5 Å². The van der Waals surface area contributed by atoms with Crippen molar-refractivity contribution in [3.8, 4) is 0 Å². The summed E-state index contributed by atoms with van der Waals surface area (Å²) in [5.41, 5.74) is 0.293. The Hall–Kier alpha value is -2.38. The lowest BCUT2D eigenvalue weighted by molar-refractivity contribution is -0.127. The van der Waals surface area contributed by atoms with Crippen LogP contribution in [0.4, 0.5) is 4.79 Å². The van der Waals surface area contributed by atoms with Crippen LogP contribution in [0.3, 0.4) is 0 Å². The van der Waals surface area contributed by atoms with Crippen LogP contribution < -0.4 is 5.32 Å². The van der Waals surface area contributed by atoms with Crippen LogP contribution in [0.25, 0.3) is 0 Å². The summed E-state index contributed by atoms with van der Waals surface area (Å²) < 4.78 is 4.90. The molecule has 112 valence electrons. The normalized spacial score (nSPS) is 20.0. The molecule has 0 aliphatic carbocycles. The zero-order valence-electron chi connectivity index (χ0n) is 11.7. The van der Waals surface area contributed by atoms with Crippen molar-refractivity contribution < 1.29 is 18.9 Å². The van der Waals surface area contributed by atoms with E-state index in [0.29, 0.717) is 37.4 Å². The van der Waals surface area contributed by atoms with E-state index in [9.17, 15) is 14.4 Å². The molecule has 2 aliphatic rings. The van der Waals surface area contributed by atoms with Crippen LogP contribution in [-0.2, 0) is 4.79 Å². The van der Waals surface area contributed by atoms with Crippen LogP contribution in [0.2, 0.25) is 0 Å². The highest BCUT2D eigenvalue weighted by atomic mass is 16.5. The number of hydrogen-bond acceptors (Lipinski definition) is 5. The van der Waals surface area contributed by atoms with E-state index in [1.54, 1.807) is 17.9 Å².